The van der Waals surface area contributed by atoms with Gasteiger partial charge in [0.15, 0.2) is 0 Å². The van der Waals surface area contributed by atoms with Crippen LogP contribution >= 0.6 is 0 Å². The number of furan rings is 1. The Bertz CT molecular complexity index is 1200. The van der Waals surface area contributed by atoms with E-state index in [1.807, 2.05) is 0 Å². The number of hydrogen-bond donors (Lipinski definition) is 3. The number of nitrogens with two attached hydrogens (primary N) is 1. The molecule has 0 bridgehead atoms. The van der Waals surface area contributed by atoms with E-state index in [9.17, 15) is 28.3 Å². The molecule has 0 unspecified atom stereocenters. The first-order valence-corrected chi connectivity index (χ1v) is 14.1. The molecule has 5 rings (SSSR count). The first-order chi connectivity index (χ1) is 18.7. The highest BCUT2D eigenvalue weighted by Crippen LogP contribution is 2.41. The molecule has 2 saturated carbocycles. The Kier molecular flexibility index (Phi) is 8.21. The lowest BCUT2D eigenvalue weighted by molar-refractivity contribution is -0.142. The van der Waals surface area contributed by atoms with Crippen LogP contribution in [0.5, 0.6) is 0 Å². The standard InChI is InChI=1S/C29H37F2N3O5/c30-26(31)24(32)17-6-8-18(9-7-17)28(36)34-13-12-21(16-4-2-1-3-5-16)25(34)27(35)33-20-10-11-22-19(14-20)15-23(39-22)29(37)38/h10-11,14-18,21,24-26H,1-9,12-13,32H2,(H,33,35)(H,37,38)/t17?,18?,21-,24-,25-/m0/s1. The monoisotopic (exact) mass is 545 g/mol. The molecule has 2 aromatic rings. The highest BCUT2D eigenvalue weighted by molar-refractivity contribution is 6.00. The third kappa shape index (κ3) is 5.81. The van der Waals surface area contributed by atoms with E-state index in [0.717, 1.165) is 32.1 Å². The number of nitrogens with one attached hydrogen (secondary N) is 1. The smallest absolute Gasteiger partial charge is 0.371 e. The lowest BCUT2D eigenvalue weighted by atomic mass is 9.76. The van der Waals surface area contributed by atoms with Gasteiger partial charge in [0.25, 0.3) is 6.43 Å². The number of carbonyl (C=O) groups is 3. The van der Waals surface area contributed by atoms with E-state index in [4.69, 9.17) is 10.2 Å². The van der Waals surface area contributed by atoms with Gasteiger partial charge in [0.05, 0.1) is 6.04 Å². The molecular weight excluding hydrogens is 508 g/mol. The average molecular weight is 546 g/mol. The Morgan fingerprint density at radius 2 is 1.72 bits per heavy atom. The van der Waals surface area contributed by atoms with Gasteiger partial charge in [-0.3, -0.25) is 9.59 Å². The van der Waals surface area contributed by atoms with Crippen LogP contribution in [0.3, 0.4) is 0 Å². The molecule has 2 aliphatic carbocycles. The summed E-state index contributed by atoms with van der Waals surface area (Å²) in [6.45, 7) is 0.511. The predicted molar refractivity (Wildman–Crippen MR) is 141 cm³/mol. The molecule has 1 aromatic heterocycles. The van der Waals surface area contributed by atoms with Crippen molar-refractivity contribution >= 4 is 34.4 Å². The molecule has 2 amide bonds. The summed E-state index contributed by atoms with van der Waals surface area (Å²) in [6.07, 6.45) is 5.72. The Hall–Kier alpha value is -3.01. The van der Waals surface area contributed by atoms with Gasteiger partial charge in [0.2, 0.25) is 17.6 Å². The number of fused-ring (bicyclic) bond motifs is 1. The van der Waals surface area contributed by atoms with Crippen LogP contribution in [0.25, 0.3) is 11.0 Å². The number of aromatic carboxylic acids is 1. The molecule has 3 atom stereocenters. The minimum Gasteiger partial charge on any atom is -0.475 e. The van der Waals surface area contributed by atoms with Gasteiger partial charge < -0.3 is 25.5 Å². The lowest BCUT2D eigenvalue weighted by Crippen LogP contribution is -2.50. The van der Waals surface area contributed by atoms with Gasteiger partial charge in [0.1, 0.15) is 11.6 Å². The molecule has 1 aliphatic heterocycles. The maximum atomic E-state index is 13.8. The van der Waals surface area contributed by atoms with Crippen molar-refractivity contribution in [3.8, 4) is 0 Å². The summed E-state index contributed by atoms with van der Waals surface area (Å²) in [5, 5.41) is 12.8. The molecule has 2 heterocycles. The van der Waals surface area contributed by atoms with E-state index < -0.39 is 24.5 Å². The largest absolute Gasteiger partial charge is 0.475 e. The van der Waals surface area contributed by atoms with Crippen LogP contribution in [0.1, 0.15) is 74.8 Å². The molecule has 3 fully saturated rings. The Morgan fingerprint density at radius 3 is 2.38 bits per heavy atom. The van der Waals surface area contributed by atoms with Crippen molar-refractivity contribution < 1.29 is 32.7 Å². The normalized spacial score (nSPS) is 27.1. The zero-order valence-electron chi connectivity index (χ0n) is 22.0. The first kappa shape index (κ1) is 27.6. The fourth-order valence-corrected chi connectivity index (χ4v) is 7.09. The van der Waals surface area contributed by atoms with E-state index in [0.29, 0.717) is 54.8 Å². The topological polar surface area (TPSA) is 126 Å². The maximum absolute atomic E-state index is 13.8. The summed E-state index contributed by atoms with van der Waals surface area (Å²) in [4.78, 5) is 40.6. The van der Waals surface area contributed by atoms with Crippen LogP contribution in [-0.4, -0.2) is 52.8 Å². The highest BCUT2D eigenvalue weighted by atomic mass is 19.3. The molecule has 8 nitrogen and oxygen atoms in total. The van der Waals surface area contributed by atoms with Crippen LogP contribution in [0, 0.1) is 23.7 Å². The highest BCUT2D eigenvalue weighted by Gasteiger charge is 2.47. The summed E-state index contributed by atoms with van der Waals surface area (Å²) in [5.74, 6) is -1.79. The summed E-state index contributed by atoms with van der Waals surface area (Å²) in [5.41, 5.74) is 6.60. The predicted octanol–water partition coefficient (Wildman–Crippen LogP) is 5.27. The fourth-order valence-electron chi connectivity index (χ4n) is 7.09. The van der Waals surface area contributed by atoms with Crippen molar-refractivity contribution in [1.82, 2.24) is 4.90 Å². The van der Waals surface area contributed by atoms with Crippen molar-refractivity contribution in [1.29, 1.82) is 0 Å². The number of nitrogens with zero attached hydrogens (tertiary/aromatic N) is 1. The molecule has 0 radical (unpaired) electrons. The van der Waals surface area contributed by atoms with Crippen molar-refractivity contribution in [3.05, 3.63) is 30.0 Å². The molecule has 1 saturated heterocycles. The summed E-state index contributed by atoms with van der Waals surface area (Å²) >= 11 is 0. The number of carboxylic acids is 1. The molecular formula is C29H37F2N3O5. The number of amides is 2. The van der Waals surface area contributed by atoms with Gasteiger partial charge >= 0.3 is 5.97 Å². The van der Waals surface area contributed by atoms with Crippen LogP contribution in [0.2, 0.25) is 0 Å². The Labute approximate surface area is 226 Å². The lowest BCUT2D eigenvalue weighted by Gasteiger charge is -2.37. The Balaban J connectivity index is 1.33. The van der Waals surface area contributed by atoms with Crippen LogP contribution in [0.15, 0.2) is 28.7 Å². The van der Waals surface area contributed by atoms with Crippen molar-refractivity contribution in [2.75, 3.05) is 11.9 Å². The number of anilines is 1. The Morgan fingerprint density at radius 1 is 1.00 bits per heavy atom. The molecule has 10 heteroatoms. The second-order valence-electron chi connectivity index (χ2n) is 11.5. The van der Waals surface area contributed by atoms with E-state index in [1.165, 1.54) is 12.5 Å². The third-order valence-electron chi connectivity index (χ3n) is 9.20. The van der Waals surface area contributed by atoms with E-state index in [2.05, 4.69) is 5.32 Å². The third-order valence-corrected chi connectivity index (χ3v) is 9.20. The fraction of sp³-hybridized carbons (Fsp3) is 0.621. The molecule has 4 N–H and O–H groups in total. The number of carboxylic acid groups (broad SMARTS) is 1. The quantitative estimate of drug-likeness (QED) is 0.435. The van der Waals surface area contributed by atoms with Gasteiger partial charge in [0, 0.05) is 23.5 Å². The van der Waals surface area contributed by atoms with Gasteiger partial charge in [-0.25, -0.2) is 13.6 Å². The average Bonchev–Trinajstić information content (AvgIpc) is 3.58. The summed E-state index contributed by atoms with van der Waals surface area (Å²) in [6, 6.07) is 4.61. The number of benzene rings is 1. The van der Waals surface area contributed by atoms with E-state index in [1.54, 1.807) is 23.1 Å². The zero-order chi connectivity index (χ0) is 27.7. The zero-order valence-corrected chi connectivity index (χ0v) is 22.0. The SMILES string of the molecule is N[C@H](C(F)F)C1CCC(C(=O)N2CC[C@@H](C3CCCCC3)[C@H]2C(=O)Nc2ccc3oc(C(=O)O)cc3c2)CC1. The number of alkyl halides is 2. The second kappa shape index (κ2) is 11.6. The first-order valence-electron chi connectivity index (χ1n) is 14.1. The van der Waals surface area contributed by atoms with Crippen molar-refractivity contribution in [3.63, 3.8) is 0 Å². The molecule has 39 heavy (non-hydrogen) atoms. The minimum atomic E-state index is -2.57. The number of rotatable bonds is 7. The van der Waals surface area contributed by atoms with Gasteiger partial charge in [-0.2, -0.15) is 0 Å². The number of halogens is 2. The number of likely N-dealkylation sites (tertiary alicyclic amines) is 1. The van der Waals surface area contributed by atoms with Gasteiger partial charge in [-0.15, -0.1) is 0 Å². The molecule has 1 aromatic carbocycles. The second-order valence-corrected chi connectivity index (χ2v) is 11.5. The van der Waals surface area contributed by atoms with Gasteiger partial charge in [-0.1, -0.05) is 32.1 Å². The van der Waals surface area contributed by atoms with Crippen LogP contribution in [-0.2, 0) is 9.59 Å². The molecule has 0 spiro atoms. The van der Waals surface area contributed by atoms with Crippen LogP contribution in [0.4, 0.5) is 14.5 Å². The van der Waals surface area contributed by atoms with Crippen LogP contribution < -0.4 is 11.1 Å². The van der Waals surface area contributed by atoms with Gasteiger partial charge in [-0.05, 0) is 74.1 Å². The van der Waals surface area contributed by atoms with Crippen molar-refractivity contribution in [2.24, 2.45) is 29.4 Å². The van der Waals surface area contributed by atoms with Crippen molar-refractivity contribution in [2.45, 2.75) is 82.7 Å². The summed E-state index contributed by atoms with van der Waals surface area (Å²) < 4.78 is 31.5. The van der Waals surface area contributed by atoms with E-state index >= 15 is 0 Å². The molecule has 3 aliphatic rings. The summed E-state index contributed by atoms with van der Waals surface area (Å²) in [7, 11) is 0. The minimum absolute atomic E-state index is 0.0612. The number of hydrogen-bond acceptors (Lipinski definition) is 5. The number of carbonyl (C=O) groups excluding carboxylic acids is 2. The van der Waals surface area contributed by atoms with E-state index in [-0.39, 0.29) is 35.3 Å². The molecule has 212 valence electrons. The maximum Gasteiger partial charge on any atom is 0.371 e.